The van der Waals surface area contributed by atoms with Crippen LogP contribution in [-0.4, -0.2) is 20.2 Å². The van der Waals surface area contributed by atoms with Crippen molar-refractivity contribution in [1.82, 2.24) is 20.2 Å². The zero-order valence-electron chi connectivity index (χ0n) is 10.1. The lowest BCUT2D eigenvalue weighted by Crippen LogP contribution is -2.10. The van der Waals surface area contributed by atoms with Crippen LogP contribution in [0.5, 0.6) is 0 Å². The molecule has 0 bridgehead atoms. The first-order valence-electron chi connectivity index (χ1n) is 5.32. The van der Waals surface area contributed by atoms with Crippen molar-refractivity contribution in [3.8, 4) is 11.4 Å². The summed E-state index contributed by atoms with van der Waals surface area (Å²) >= 11 is 0. The van der Waals surface area contributed by atoms with Gasteiger partial charge in [-0.05, 0) is 16.2 Å². The zero-order valence-corrected chi connectivity index (χ0v) is 10.1. The summed E-state index contributed by atoms with van der Waals surface area (Å²) in [4.78, 5) is 1.47. The average Bonchev–Trinajstić information content (AvgIpc) is 2.64. The molecule has 0 fully saturated rings. The van der Waals surface area contributed by atoms with E-state index in [0.717, 1.165) is 5.56 Å². The fourth-order valence-electron chi connectivity index (χ4n) is 1.52. The Labute approximate surface area is 95.3 Å². The smallest absolute Gasteiger partial charge is 0.167 e. The molecular formula is C12H16N4. The second-order valence-electron chi connectivity index (χ2n) is 4.93. The number of benzene rings is 1. The van der Waals surface area contributed by atoms with E-state index in [-0.39, 0.29) is 5.41 Å². The summed E-state index contributed by atoms with van der Waals surface area (Å²) in [6.45, 7) is 6.59. The lowest BCUT2D eigenvalue weighted by molar-refractivity contribution is 0.590. The van der Waals surface area contributed by atoms with E-state index in [9.17, 15) is 0 Å². The first-order valence-corrected chi connectivity index (χ1v) is 5.32. The second kappa shape index (κ2) is 3.70. The minimum atomic E-state index is 0.175. The van der Waals surface area contributed by atoms with Gasteiger partial charge in [-0.25, -0.2) is 0 Å². The minimum absolute atomic E-state index is 0.175. The van der Waals surface area contributed by atoms with Crippen molar-refractivity contribution >= 4 is 0 Å². The lowest BCUT2D eigenvalue weighted by Gasteiger charge is -2.18. The molecule has 0 aliphatic rings. The fraction of sp³-hybridized carbons (Fsp3) is 0.417. The van der Waals surface area contributed by atoms with Crippen LogP contribution in [0.2, 0.25) is 0 Å². The maximum Gasteiger partial charge on any atom is 0.204 e. The maximum atomic E-state index is 4.17. The van der Waals surface area contributed by atoms with Gasteiger partial charge in [-0.2, -0.15) is 4.80 Å². The Morgan fingerprint density at radius 2 is 1.69 bits per heavy atom. The quantitative estimate of drug-likeness (QED) is 0.733. The van der Waals surface area contributed by atoms with Crippen molar-refractivity contribution in [1.29, 1.82) is 0 Å². The molecule has 4 nitrogen and oxygen atoms in total. The van der Waals surface area contributed by atoms with Gasteiger partial charge in [0.25, 0.3) is 0 Å². The molecule has 1 aromatic carbocycles. The van der Waals surface area contributed by atoms with Gasteiger partial charge in [0.05, 0.1) is 7.05 Å². The Kier molecular flexibility index (Phi) is 2.50. The molecule has 1 aromatic heterocycles. The van der Waals surface area contributed by atoms with Crippen LogP contribution in [-0.2, 0) is 12.5 Å². The van der Waals surface area contributed by atoms with Gasteiger partial charge >= 0.3 is 0 Å². The van der Waals surface area contributed by atoms with E-state index in [1.54, 1.807) is 7.05 Å². The molecule has 16 heavy (non-hydrogen) atoms. The summed E-state index contributed by atoms with van der Waals surface area (Å²) in [6, 6.07) is 8.31. The molecule has 1 heterocycles. The van der Waals surface area contributed by atoms with Crippen molar-refractivity contribution in [3.05, 3.63) is 29.8 Å². The maximum absolute atomic E-state index is 4.17. The molecule has 0 N–H and O–H groups in total. The highest BCUT2D eigenvalue weighted by Crippen LogP contribution is 2.24. The molecule has 0 spiro atoms. The predicted octanol–water partition coefficient (Wildman–Crippen LogP) is 2.17. The van der Waals surface area contributed by atoms with Crippen molar-refractivity contribution in [3.63, 3.8) is 0 Å². The van der Waals surface area contributed by atoms with Gasteiger partial charge in [-0.1, -0.05) is 45.0 Å². The average molecular weight is 216 g/mol. The van der Waals surface area contributed by atoms with Gasteiger partial charge in [0.2, 0.25) is 5.82 Å². The Bertz CT molecular complexity index is 476. The molecule has 0 radical (unpaired) electrons. The zero-order chi connectivity index (χ0) is 11.8. The Balaban J connectivity index is 2.33. The predicted molar refractivity (Wildman–Crippen MR) is 62.9 cm³/mol. The van der Waals surface area contributed by atoms with Crippen LogP contribution in [0.3, 0.4) is 0 Å². The third-order valence-electron chi connectivity index (χ3n) is 2.52. The number of aryl methyl sites for hydroxylation is 1. The monoisotopic (exact) mass is 216 g/mol. The highest BCUT2D eigenvalue weighted by Gasteiger charge is 2.13. The van der Waals surface area contributed by atoms with E-state index in [4.69, 9.17) is 0 Å². The highest BCUT2D eigenvalue weighted by atomic mass is 15.6. The number of hydrogen-bond donors (Lipinski definition) is 0. The SMILES string of the molecule is Cn1nnc(-c2ccc(C(C)(C)C)cc2)n1. The van der Waals surface area contributed by atoms with Crippen LogP contribution in [0.25, 0.3) is 11.4 Å². The van der Waals surface area contributed by atoms with Crippen molar-refractivity contribution < 1.29 is 0 Å². The molecule has 0 aliphatic carbocycles. The second-order valence-corrected chi connectivity index (χ2v) is 4.93. The Morgan fingerprint density at radius 3 is 2.12 bits per heavy atom. The molecule has 0 atom stereocenters. The Hall–Kier alpha value is -1.71. The minimum Gasteiger partial charge on any atom is -0.167 e. The first kappa shape index (κ1) is 10.8. The molecule has 0 saturated carbocycles. The van der Waals surface area contributed by atoms with Crippen molar-refractivity contribution in [2.75, 3.05) is 0 Å². The number of hydrogen-bond acceptors (Lipinski definition) is 3. The standard InChI is InChI=1S/C12H16N4/c1-12(2,3)10-7-5-9(6-8-10)11-13-15-16(4)14-11/h5-8H,1-4H3. The fourth-order valence-corrected chi connectivity index (χ4v) is 1.52. The number of rotatable bonds is 1. The summed E-state index contributed by atoms with van der Waals surface area (Å²) < 4.78 is 0. The molecule has 0 saturated heterocycles. The molecule has 2 rings (SSSR count). The van der Waals surface area contributed by atoms with Crippen LogP contribution >= 0.6 is 0 Å². The summed E-state index contributed by atoms with van der Waals surface area (Å²) in [6.07, 6.45) is 0. The van der Waals surface area contributed by atoms with Crippen LogP contribution < -0.4 is 0 Å². The Morgan fingerprint density at radius 1 is 1.06 bits per heavy atom. The summed E-state index contributed by atoms with van der Waals surface area (Å²) in [5.41, 5.74) is 2.48. The summed E-state index contributed by atoms with van der Waals surface area (Å²) in [5, 5.41) is 12.0. The summed E-state index contributed by atoms with van der Waals surface area (Å²) in [5.74, 6) is 0.669. The number of aromatic nitrogens is 4. The molecule has 84 valence electrons. The first-order chi connectivity index (χ1) is 7.47. The molecule has 4 heteroatoms. The molecular weight excluding hydrogens is 200 g/mol. The van der Waals surface area contributed by atoms with E-state index in [2.05, 4.69) is 48.3 Å². The third-order valence-corrected chi connectivity index (χ3v) is 2.52. The van der Waals surface area contributed by atoms with Crippen LogP contribution in [0.1, 0.15) is 26.3 Å². The molecule has 0 unspecified atom stereocenters. The highest BCUT2D eigenvalue weighted by molar-refractivity contribution is 5.54. The van der Waals surface area contributed by atoms with Gasteiger partial charge < -0.3 is 0 Å². The van der Waals surface area contributed by atoms with Crippen molar-refractivity contribution in [2.24, 2.45) is 7.05 Å². The van der Waals surface area contributed by atoms with Gasteiger partial charge in [-0.3, -0.25) is 0 Å². The van der Waals surface area contributed by atoms with Gasteiger partial charge in [-0.15, -0.1) is 10.2 Å². The number of tetrazole rings is 1. The normalized spacial score (nSPS) is 11.8. The van der Waals surface area contributed by atoms with E-state index in [1.165, 1.54) is 10.4 Å². The topological polar surface area (TPSA) is 43.6 Å². The molecule has 2 aromatic rings. The largest absolute Gasteiger partial charge is 0.204 e. The number of nitrogens with zero attached hydrogens (tertiary/aromatic N) is 4. The summed E-state index contributed by atoms with van der Waals surface area (Å²) in [7, 11) is 1.76. The van der Waals surface area contributed by atoms with Gasteiger partial charge in [0.15, 0.2) is 0 Å². The van der Waals surface area contributed by atoms with Gasteiger partial charge in [0.1, 0.15) is 0 Å². The van der Waals surface area contributed by atoms with Crippen LogP contribution in [0, 0.1) is 0 Å². The van der Waals surface area contributed by atoms with Gasteiger partial charge in [0, 0.05) is 5.56 Å². The van der Waals surface area contributed by atoms with E-state index in [1.807, 2.05) is 12.1 Å². The van der Waals surface area contributed by atoms with Crippen LogP contribution in [0.15, 0.2) is 24.3 Å². The van der Waals surface area contributed by atoms with E-state index in [0.29, 0.717) is 5.82 Å². The van der Waals surface area contributed by atoms with E-state index < -0.39 is 0 Å². The van der Waals surface area contributed by atoms with Crippen molar-refractivity contribution in [2.45, 2.75) is 26.2 Å². The lowest BCUT2D eigenvalue weighted by atomic mass is 9.87. The van der Waals surface area contributed by atoms with Crippen LogP contribution in [0.4, 0.5) is 0 Å². The van der Waals surface area contributed by atoms with E-state index >= 15 is 0 Å². The molecule has 0 amide bonds. The third kappa shape index (κ3) is 2.10. The molecule has 0 aliphatic heterocycles.